The van der Waals surface area contributed by atoms with Crippen LogP contribution in [0.1, 0.15) is 57.1 Å². The van der Waals surface area contributed by atoms with Gasteiger partial charge in [-0.1, -0.05) is 24.3 Å². The number of hydrogen-bond acceptors (Lipinski definition) is 7. The lowest BCUT2D eigenvalue weighted by molar-refractivity contribution is -0.00286. The predicted octanol–water partition coefficient (Wildman–Crippen LogP) is 3.36. The molecule has 2 heterocycles. The van der Waals surface area contributed by atoms with Gasteiger partial charge in [-0.25, -0.2) is 8.42 Å². The lowest BCUT2D eigenvalue weighted by atomic mass is 9.95. The molecule has 40 heavy (non-hydrogen) atoms. The van der Waals surface area contributed by atoms with E-state index in [2.05, 4.69) is 17.0 Å². The molecule has 3 aromatic rings. The van der Waals surface area contributed by atoms with E-state index in [-0.39, 0.29) is 30.2 Å². The van der Waals surface area contributed by atoms with Crippen LogP contribution in [0.2, 0.25) is 0 Å². The van der Waals surface area contributed by atoms with Gasteiger partial charge in [0.1, 0.15) is 17.8 Å². The highest BCUT2D eigenvalue weighted by Gasteiger charge is 2.41. The maximum atomic E-state index is 14.2. The Kier molecular flexibility index (Phi) is 8.05. The summed E-state index contributed by atoms with van der Waals surface area (Å²) in [6.07, 6.45) is 3.21. The first-order chi connectivity index (χ1) is 19.0. The van der Waals surface area contributed by atoms with Crippen LogP contribution in [-0.2, 0) is 23.0 Å². The summed E-state index contributed by atoms with van der Waals surface area (Å²) >= 11 is 0. The number of hydrogen-bond donors (Lipinski definition) is 2. The lowest BCUT2D eigenvalue weighted by Gasteiger charge is -2.35. The summed E-state index contributed by atoms with van der Waals surface area (Å²) in [7, 11) is -2.27. The summed E-state index contributed by atoms with van der Waals surface area (Å²) in [4.78, 5) is 14.3. The molecule has 10 heteroatoms. The SMILES string of the molecule is COc1cc(C)c(S(=O)(=O)N(CC(Cc2ccc(CN3CC(O)C3)cc2)c2cc(C(N)=O)co2)C2CC2)c(C)c1. The number of carbonyl (C=O) groups is 1. The first-order valence-corrected chi connectivity index (χ1v) is 15.0. The van der Waals surface area contributed by atoms with Crippen molar-refractivity contribution < 1.29 is 27.5 Å². The molecule has 214 valence electrons. The summed E-state index contributed by atoms with van der Waals surface area (Å²) in [6.45, 7) is 5.93. The summed E-state index contributed by atoms with van der Waals surface area (Å²) in [5.41, 5.74) is 9.20. The van der Waals surface area contributed by atoms with Crippen LogP contribution in [0, 0.1) is 13.8 Å². The topological polar surface area (TPSA) is 126 Å². The van der Waals surface area contributed by atoms with Gasteiger partial charge in [-0.15, -0.1) is 0 Å². The van der Waals surface area contributed by atoms with Gasteiger partial charge in [0.25, 0.3) is 5.91 Å². The summed E-state index contributed by atoms with van der Waals surface area (Å²) in [5, 5.41) is 9.55. The highest BCUT2D eigenvalue weighted by Crippen LogP contribution is 2.38. The smallest absolute Gasteiger partial charge is 0.251 e. The first-order valence-electron chi connectivity index (χ1n) is 13.6. The van der Waals surface area contributed by atoms with Gasteiger partial charge in [0.15, 0.2) is 0 Å². The number of nitrogens with zero attached hydrogens (tertiary/aromatic N) is 2. The molecule has 2 fully saturated rings. The molecule has 2 aliphatic rings. The third kappa shape index (κ3) is 6.10. The van der Waals surface area contributed by atoms with Crippen molar-refractivity contribution in [2.45, 2.75) is 62.6 Å². The Morgan fingerprint density at radius 2 is 1.75 bits per heavy atom. The van der Waals surface area contributed by atoms with Gasteiger partial charge in [-0.2, -0.15) is 4.31 Å². The number of benzene rings is 2. The van der Waals surface area contributed by atoms with E-state index < -0.39 is 15.9 Å². The van der Waals surface area contributed by atoms with Gasteiger partial charge < -0.3 is 20.0 Å². The molecule has 0 radical (unpaired) electrons. The highest BCUT2D eigenvalue weighted by atomic mass is 32.2. The number of amides is 1. The second kappa shape index (κ2) is 11.4. The maximum Gasteiger partial charge on any atom is 0.251 e. The fraction of sp³-hybridized carbons (Fsp3) is 0.433. The van der Waals surface area contributed by atoms with Crippen molar-refractivity contribution in [3.05, 3.63) is 82.3 Å². The van der Waals surface area contributed by atoms with Crippen molar-refractivity contribution >= 4 is 15.9 Å². The van der Waals surface area contributed by atoms with E-state index in [1.54, 1.807) is 43.5 Å². The van der Waals surface area contributed by atoms with Crippen LogP contribution in [0.5, 0.6) is 5.75 Å². The molecular weight excluding hydrogens is 530 g/mol. The van der Waals surface area contributed by atoms with Crippen LogP contribution in [0.4, 0.5) is 0 Å². The largest absolute Gasteiger partial charge is 0.497 e. The molecule has 1 saturated carbocycles. The molecule has 2 aromatic carbocycles. The molecule has 1 atom stereocenters. The number of β-amino-alcohol motifs (C(OH)–C–C–N with tert-alkyl or cyclic N) is 1. The average molecular weight is 568 g/mol. The first kappa shape index (κ1) is 28.4. The van der Waals surface area contributed by atoms with Crippen LogP contribution in [0.15, 0.2) is 58.0 Å². The number of ether oxygens (including phenoxy) is 1. The molecule has 1 unspecified atom stereocenters. The van der Waals surface area contributed by atoms with Crippen molar-refractivity contribution in [3.63, 3.8) is 0 Å². The van der Waals surface area contributed by atoms with Gasteiger partial charge in [0.05, 0.1) is 23.7 Å². The number of aliphatic hydroxyl groups is 1. The number of rotatable bonds is 12. The van der Waals surface area contributed by atoms with Crippen LogP contribution in [-0.4, -0.2) is 67.5 Å². The number of primary amides is 1. The second-order valence-corrected chi connectivity index (χ2v) is 12.9. The molecule has 9 nitrogen and oxygen atoms in total. The fourth-order valence-corrected chi connectivity index (χ4v) is 7.67. The monoisotopic (exact) mass is 567 g/mol. The predicted molar refractivity (Wildman–Crippen MR) is 151 cm³/mol. The molecule has 1 saturated heterocycles. The van der Waals surface area contributed by atoms with E-state index in [9.17, 15) is 18.3 Å². The zero-order valence-electron chi connectivity index (χ0n) is 23.2. The number of nitrogens with two attached hydrogens (primary N) is 1. The maximum absolute atomic E-state index is 14.2. The Hall–Kier alpha value is -3.18. The minimum absolute atomic E-state index is 0.0896. The van der Waals surface area contributed by atoms with E-state index in [1.165, 1.54) is 6.26 Å². The zero-order valence-corrected chi connectivity index (χ0v) is 24.0. The van der Waals surface area contributed by atoms with Crippen molar-refractivity contribution in [2.24, 2.45) is 5.73 Å². The summed E-state index contributed by atoms with van der Waals surface area (Å²) < 4.78 is 41.0. The number of aryl methyl sites for hydroxylation is 2. The highest BCUT2D eigenvalue weighted by molar-refractivity contribution is 7.89. The van der Waals surface area contributed by atoms with Crippen LogP contribution < -0.4 is 10.5 Å². The Labute approximate surface area is 235 Å². The molecule has 1 aliphatic heterocycles. The molecule has 0 spiro atoms. The summed E-state index contributed by atoms with van der Waals surface area (Å²) in [5.74, 6) is 0.216. The number of methoxy groups -OCH3 is 1. The molecule has 0 bridgehead atoms. The van der Waals surface area contributed by atoms with Crippen LogP contribution in [0.25, 0.3) is 0 Å². The number of furan rings is 1. The van der Waals surface area contributed by atoms with Crippen LogP contribution in [0.3, 0.4) is 0 Å². The molecular formula is C30H37N3O6S. The zero-order chi connectivity index (χ0) is 28.6. The second-order valence-electron chi connectivity index (χ2n) is 11.1. The molecule has 1 aromatic heterocycles. The van der Waals surface area contributed by atoms with Gasteiger partial charge in [0.2, 0.25) is 10.0 Å². The minimum Gasteiger partial charge on any atom is -0.497 e. The average Bonchev–Trinajstić information content (AvgIpc) is 3.59. The van der Waals surface area contributed by atoms with E-state index in [4.69, 9.17) is 14.9 Å². The van der Waals surface area contributed by atoms with E-state index >= 15 is 0 Å². The van der Waals surface area contributed by atoms with Crippen molar-refractivity contribution in [1.82, 2.24) is 9.21 Å². The van der Waals surface area contributed by atoms with E-state index in [0.717, 1.165) is 30.5 Å². The number of aliphatic hydroxyl groups excluding tert-OH is 1. The summed E-state index contributed by atoms with van der Waals surface area (Å²) in [6, 6.07) is 13.2. The van der Waals surface area contributed by atoms with Crippen molar-refractivity contribution in [1.29, 1.82) is 0 Å². The lowest BCUT2D eigenvalue weighted by Crippen LogP contribution is -2.49. The quantitative estimate of drug-likeness (QED) is 0.344. The third-order valence-electron chi connectivity index (χ3n) is 7.75. The number of sulfonamides is 1. The van der Waals surface area contributed by atoms with Gasteiger partial charge in [-0.05, 0) is 73.6 Å². The fourth-order valence-electron chi connectivity index (χ4n) is 5.52. The van der Waals surface area contributed by atoms with Gasteiger partial charge >= 0.3 is 0 Å². The van der Waals surface area contributed by atoms with Gasteiger partial charge in [-0.3, -0.25) is 9.69 Å². The molecule has 5 rings (SSSR count). The van der Waals surface area contributed by atoms with Crippen LogP contribution >= 0.6 is 0 Å². The van der Waals surface area contributed by atoms with Crippen molar-refractivity contribution in [2.75, 3.05) is 26.7 Å². The number of likely N-dealkylation sites (tertiary alicyclic amines) is 1. The minimum atomic E-state index is -3.83. The standard InChI is InChI=1S/C30H37N3O6S/c1-19-10-27(38-3)11-20(2)29(19)40(36,37)33(25-8-9-25)15-23(28-13-24(18-39-28)30(31)35)12-21-4-6-22(7-5-21)14-32-16-26(34)17-32/h4-7,10-11,13,18,23,25-26,34H,8-9,12,14-17H2,1-3H3,(H2,31,35). The molecule has 3 N–H and O–H groups in total. The van der Waals surface area contributed by atoms with E-state index in [1.807, 2.05) is 12.1 Å². The normalized spacial score (nSPS) is 17.1. The number of carbonyl (C=O) groups excluding carboxylic acids is 1. The molecule has 1 aliphatic carbocycles. The Balaban J connectivity index is 1.43. The Morgan fingerprint density at radius 3 is 2.27 bits per heavy atom. The molecule has 1 amide bonds. The van der Waals surface area contributed by atoms with Crippen molar-refractivity contribution in [3.8, 4) is 5.75 Å². The Bertz CT molecular complexity index is 1450. The Morgan fingerprint density at radius 1 is 1.12 bits per heavy atom. The van der Waals surface area contributed by atoms with E-state index in [0.29, 0.717) is 47.0 Å². The van der Waals surface area contributed by atoms with Gasteiger partial charge in [0, 0.05) is 38.1 Å². The third-order valence-corrected chi connectivity index (χ3v) is 9.97.